The van der Waals surface area contributed by atoms with Crippen LogP contribution in [-0.2, 0) is 21.8 Å². The predicted octanol–water partition coefficient (Wildman–Crippen LogP) is 4.25. The molecule has 0 unspecified atom stereocenters. The van der Waals surface area contributed by atoms with E-state index in [1.54, 1.807) is 13.8 Å². The number of halogens is 5. The molecule has 0 aliphatic carbocycles. The Hall–Kier alpha value is -3.40. The normalized spacial score (nSPS) is 13.1. The molecular weight excluding hydrogens is 495 g/mol. The second kappa shape index (κ2) is 8.67. The van der Waals surface area contributed by atoms with Gasteiger partial charge in [-0.25, -0.2) is 8.42 Å². The van der Waals surface area contributed by atoms with Crippen molar-refractivity contribution in [2.75, 3.05) is 5.75 Å². The Bertz CT molecular complexity index is 1510. The minimum absolute atomic E-state index is 0.0152. The molecule has 3 aromatic rings. The largest absolute Gasteiger partial charge is 0.455 e. The van der Waals surface area contributed by atoms with Crippen LogP contribution in [0.2, 0.25) is 0 Å². The molecule has 3 rings (SSSR count). The molecule has 0 amide bonds. The highest BCUT2D eigenvalue weighted by molar-refractivity contribution is 7.91. The van der Waals surface area contributed by atoms with Gasteiger partial charge in [0, 0.05) is 17.6 Å². The minimum atomic E-state index is -5.87. The number of nitriles is 1. The topological polar surface area (TPSA) is 106 Å². The molecular formula is C22H19F5N4O3S. The zero-order chi connectivity index (χ0) is 26.4. The number of rotatable bonds is 6. The quantitative estimate of drug-likeness (QED) is 0.456. The summed E-state index contributed by atoms with van der Waals surface area (Å²) in [6.45, 7) is 2.63. The predicted molar refractivity (Wildman–Crippen MR) is 117 cm³/mol. The van der Waals surface area contributed by atoms with Crippen molar-refractivity contribution in [3.63, 3.8) is 0 Å². The number of sulfone groups is 1. The molecule has 0 saturated heterocycles. The average Bonchev–Trinajstić information content (AvgIpc) is 2.79. The Labute approximate surface area is 196 Å². The highest BCUT2D eigenvalue weighted by Gasteiger charge is 2.57. The summed E-state index contributed by atoms with van der Waals surface area (Å²) < 4.78 is 91.2. The Morgan fingerprint density at radius 2 is 1.71 bits per heavy atom. The lowest BCUT2D eigenvalue weighted by Gasteiger charge is -2.21. The number of pyridine rings is 3. The van der Waals surface area contributed by atoms with E-state index in [2.05, 4.69) is 16.0 Å². The van der Waals surface area contributed by atoms with Gasteiger partial charge in [-0.1, -0.05) is 6.92 Å². The molecule has 0 spiro atoms. The summed E-state index contributed by atoms with van der Waals surface area (Å²) in [4.78, 5) is 20.1. The van der Waals surface area contributed by atoms with Crippen molar-refractivity contribution in [2.45, 2.75) is 49.7 Å². The van der Waals surface area contributed by atoms with E-state index in [4.69, 9.17) is 0 Å². The summed E-state index contributed by atoms with van der Waals surface area (Å²) in [5.74, 6) is -5.46. The van der Waals surface area contributed by atoms with Gasteiger partial charge in [0.05, 0.1) is 46.1 Å². The molecule has 35 heavy (non-hydrogen) atoms. The molecule has 0 saturated carbocycles. The first kappa shape index (κ1) is 26.2. The summed E-state index contributed by atoms with van der Waals surface area (Å²) in [6.07, 6.45) is -3.64. The molecule has 0 aromatic carbocycles. The number of hydrogen-bond acceptors (Lipinski definition) is 6. The van der Waals surface area contributed by atoms with Gasteiger partial charge < -0.3 is 4.57 Å². The van der Waals surface area contributed by atoms with Crippen molar-refractivity contribution in [1.82, 2.24) is 14.5 Å². The van der Waals surface area contributed by atoms with Crippen LogP contribution in [0.5, 0.6) is 0 Å². The van der Waals surface area contributed by atoms with Crippen LogP contribution in [0, 0.1) is 11.3 Å². The van der Waals surface area contributed by atoms with Gasteiger partial charge in [-0.05, 0) is 37.6 Å². The van der Waals surface area contributed by atoms with Crippen molar-refractivity contribution >= 4 is 20.7 Å². The number of alkyl halides is 5. The molecule has 7 nitrogen and oxygen atoms in total. The van der Waals surface area contributed by atoms with Gasteiger partial charge in [0.1, 0.15) is 5.69 Å². The van der Waals surface area contributed by atoms with Crippen LogP contribution >= 0.6 is 0 Å². The zero-order valence-corrected chi connectivity index (χ0v) is 19.5. The Morgan fingerprint density at radius 3 is 2.29 bits per heavy atom. The fourth-order valence-electron chi connectivity index (χ4n) is 3.21. The molecule has 0 atom stereocenters. The molecule has 0 aliphatic rings. The highest BCUT2D eigenvalue weighted by atomic mass is 32.2. The Balaban J connectivity index is 2.23. The minimum Gasteiger partial charge on any atom is -0.300 e. The number of fused-ring (bicyclic) bond motifs is 1. The first-order chi connectivity index (χ1) is 16.0. The molecule has 186 valence electrons. The summed E-state index contributed by atoms with van der Waals surface area (Å²) in [5, 5.41) is 9.46. The third kappa shape index (κ3) is 4.88. The molecule has 3 heterocycles. The van der Waals surface area contributed by atoms with E-state index in [-0.39, 0.29) is 37.5 Å². The maximum absolute atomic E-state index is 13.7. The van der Waals surface area contributed by atoms with Crippen LogP contribution in [-0.4, -0.2) is 40.8 Å². The molecule has 13 heteroatoms. The van der Waals surface area contributed by atoms with Gasteiger partial charge in [-0.2, -0.15) is 27.2 Å². The second-order valence-corrected chi connectivity index (χ2v) is 10.5. The van der Waals surface area contributed by atoms with E-state index in [0.717, 1.165) is 12.3 Å². The molecule has 0 radical (unpaired) electrons. The van der Waals surface area contributed by atoms with Crippen LogP contribution in [0.1, 0.15) is 26.3 Å². The van der Waals surface area contributed by atoms with Crippen molar-refractivity contribution in [3.8, 4) is 17.5 Å². The number of aromatic nitrogens is 3. The van der Waals surface area contributed by atoms with E-state index in [0.29, 0.717) is 5.56 Å². The van der Waals surface area contributed by atoms with Crippen LogP contribution in [0.25, 0.3) is 22.3 Å². The number of hydrogen-bond donors (Lipinski definition) is 0. The standard InChI is InChI=1S/C22H19F5N4O3S/c1-4-35(33,34)17-8-14(20(2,3)11-28)9-30-19(17)15-7-13-5-6-18(32)31(16(13)10-29-15)12-21(23,24)22(25,26)27/h5-10H,4,12H2,1-3H3. The van der Waals surface area contributed by atoms with Gasteiger partial charge in [-0.3, -0.25) is 14.8 Å². The third-order valence-electron chi connectivity index (χ3n) is 5.46. The molecule has 0 fully saturated rings. The van der Waals surface area contributed by atoms with Crippen molar-refractivity contribution < 1.29 is 30.4 Å². The van der Waals surface area contributed by atoms with Crippen LogP contribution in [0.4, 0.5) is 22.0 Å². The smallest absolute Gasteiger partial charge is 0.300 e. The van der Waals surface area contributed by atoms with Gasteiger partial charge in [0.15, 0.2) is 9.84 Å². The molecule has 3 aromatic heterocycles. The maximum Gasteiger partial charge on any atom is 0.455 e. The van der Waals surface area contributed by atoms with E-state index in [9.17, 15) is 40.4 Å². The average molecular weight is 514 g/mol. The van der Waals surface area contributed by atoms with E-state index < -0.39 is 39.5 Å². The van der Waals surface area contributed by atoms with Gasteiger partial charge in [0.2, 0.25) is 0 Å². The third-order valence-corrected chi connectivity index (χ3v) is 7.20. The monoisotopic (exact) mass is 514 g/mol. The lowest BCUT2D eigenvalue weighted by atomic mass is 9.87. The van der Waals surface area contributed by atoms with E-state index >= 15 is 0 Å². The first-order valence-corrected chi connectivity index (χ1v) is 11.8. The van der Waals surface area contributed by atoms with Crippen molar-refractivity contribution in [2.24, 2.45) is 0 Å². The fraction of sp³-hybridized carbons (Fsp3) is 0.364. The van der Waals surface area contributed by atoms with Gasteiger partial charge in [0.25, 0.3) is 5.56 Å². The van der Waals surface area contributed by atoms with Crippen LogP contribution in [0.15, 0.2) is 46.3 Å². The molecule has 0 bridgehead atoms. The summed E-state index contributed by atoms with van der Waals surface area (Å²) in [6, 6.07) is 6.63. The van der Waals surface area contributed by atoms with Crippen LogP contribution < -0.4 is 5.56 Å². The van der Waals surface area contributed by atoms with E-state index in [1.807, 2.05) is 0 Å². The lowest BCUT2D eigenvalue weighted by Crippen LogP contribution is -2.42. The fourth-order valence-corrected chi connectivity index (χ4v) is 4.28. The van der Waals surface area contributed by atoms with E-state index in [1.165, 1.54) is 31.3 Å². The SMILES string of the molecule is CCS(=O)(=O)c1cc(C(C)(C)C#N)cnc1-c1cc2ccc(=O)n(CC(F)(F)C(F)(F)F)c2cn1. The molecule has 0 N–H and O–H groups in total. The molecule has 0 aliphatic heterocycles. The van der Waals surface area contributed by atoms with Gasteiger partial charge >= 0.3 is 12.1 Å². The summed E-state index contributed by atoms with van der Waals surface area (Å²) in [5.41, 5.74) is -2.22. The lowest BCUT2D eigenvalue weighted by molar-refractivity contribution is -0.286. The Morgan fingerprint density at radius 1 is 1.06 bits per heavy atom. The summed E-state index contributed by atoms with van der Waals surface area (Å²) >= 11 is 0. The second-order valence-electron chi connectivity index (χ2n) is 8.30. The number of nitrogens with zero attached hydrogens (tertiary/aromatic N) is 4. The summed E-state index contributed by atoms with van der Waals surface area (Å²) in [7, 11) is -3.87. The van der Waals surface area contributed by atoms with Crippen LogP contribution in [0.3, 0.4) is 0 Å². The highest BCUT2D eigenvalue weighted by Crippen LogP contribution is 2.37. The van der Waals surface area contributed by atoms with Crippen molar-refractivity contribution in [1.29, 1.82) is 5.26 Å². The van der Waals surface area contributed by atoms with Gasteiger partial charge in [-0.15, -0.1) is 0 Å². The van der Waals surface area contributed by atoms with Crippen molar-refractivity contribution in [3.05, 3.63) is 52.6 Å². The first-order valence-electron chi connectivity index (χ1n) is 10.1. The maximum atomic E-state index is 13.7. The Kier molecular flexibility index (Phi) is 6.49. The zero-order valence-electron chi connectivity index (χ0n) is 18.7.